The zero-order chi connectivity index (χ0) is 22.7. The number of hydrogen-bond acceptors (Lipinski definition) is 3. The molecular weight excluding hydrogens is 480 g/mol. The molecule has 1 fully saturated rings. The largest absolute Gasteiger partial charge is 1.00 e. The van der Waals surface area contributed by atoms with Crippen LogP contribution >= 0.6 is 0 Å². The Morgan fingerprint density at radius 2 is 1.70 bits per heavy atom. The maximum absolute atomic E-state index is 13.2. The highest BCUT2D eigenvalue weighted by molar-refractivity contribution is 5.85. The molecule has 1 aliphatic rings. The lowest BCUT2D eigenvalue weighted by Crippen LogP contribution is -3.00. The molecule has 176 valence electrons. The molecule has 0 amide bonds. The third-order valence-corrected chi connectivity index (χ3v) is 6.35. The van der Waals surface area contributed by atoms with Crippen LogP contribution in [0.3, 0.4) is 0 Å². The average Bonchev–Trinajstić information content (AvgIpc) is 3.54. The summed E-state index contributed by atoms with van der Waals surface area (Å²) in [6.07, 6.45) is 7.57. The van der Waals surface area contributed by atoms with E-state index in [4.69, 9.17) is 4.74 Å². The average molecular weight is 513 g/mol. The Kier molecular flexibility index (Phi) is 8.14. The molecule has 5 nitrogen and oxygen atoms in total. The van der Waals surface area contributed by atoms with Gasteiger partial charge in [0.15, 0.2) is 0 Å². The number of carbonyl (C=O) groups is 1. The van der Waals surface area contributed by atoms with Crippen molar-refractivity contribution in [3.8, 4) is 0 Å². The molecule has 1 N–H and O–H groups in total. The van der Waals surface area contributed by atoms with E-state index in [1.807, 2.05) is 50.2 Å². The summed E-state index contributed by atoms with van der Waals surface area (Å²) in [5.74, 6) is 1.41. The fourth-order valence-electron chi connectivity index (χ4n) is 4.20. The van der Waals surface area contributed by atoms with Crippen molar-refractivity contribution in [1.82, 2.24) is 4.57 Å². The normalized spacial score (nSPS) is 13.5. The molecule has 3 aromatic rings. The van der Waals surface area contributed by atoms with Gasteiger partial charge in [0.1, 0.15) is 12.4 Å². The molecule has 0 spiro atoms. The molecule has 0 unspecified atom stereocenters. The number of nitrogens with zero attached hydrogens (tertiary/aromatic N) is 2. The summed E-state index contributed by atoms with van der Waals surface area (Å²) < 4.78 is 10.1. The fourth-order valence-corrected chi connectivity index (χ4v) is 4.20. The van der Waals surface area contributed by atoms with Crippen molar-refractivity contribution < 1.29 is 36.2 Å². The molecule has 0 bridgehead atoms. The highest BCUT2D eigenvalue weighted by Gasteiger charge is 2.42. The van der Waals surface area contributed by atoms with Crippen LogP contribution in [0.1, 0.15) is 47.3 Å². The summed E-state index contributed by atoms with van der Waals surface area (Å²) in [5.41, 5.74) is 1.16. The minimum absolute atomic E-state index is 0. The molecule has 1 aromatic heterocycles. The third-order valence-electron chi connectivity index (χ3n) is 6.35. The van der Waals surface area contributed by atoms with Gasteiger partial charge in [0, 0.05) is 13.3 Å². The van der Waals surface area contributed by atoms with Gasteiger partial charge in [-0.1, -0.05) is 59.7 Å². The number of carbonyl (C=O) groups excluding carboxylic acids is 1. The zero-order valence-electron chi connectivity index (χ0n) is 19.6. The Bertz CT molecular complexity index is 1060. The maximum Gasteiger partial charge on any atom is 0.347 e. The van der Waals surface area contributed by atoms with E-state index in [2.05, 4.69) is 28.5 Å². The van der Waals surface area contributed by atoms with E-state index in [-0.39, 0.29) is 23.6 Å². The summed E-state index contributed by atoms with van der Waals surface area (Å²) in [5, 5.41) is 11.6. The van der Waals surface area contributed by atoms with Crippen LogP contribution in [0.2, 0.25) is 0 Å². The smallest absolute Gasteiger partial charge is 0.347 e. The summed E-state index contributed by atoms with van der Waals surface area (Å²) >= 11 is 0. The molecule has 1 aliphatic carbocycles. The minimum atomic E-state index is -1.84. The number of halogens is 1. The lowest BCUT2D eigenvalue weighted by atomic mass is 9.85. The first kappa shape index (κ1) is 25.2. The maximum atomic E-state index is 13.2. The predicted octanol–water partition coefficient (Wildman–Crippen LogP) is 0.984. The van der Waals surface area contributed by atoms with Crippen molar-refractivity contribution in [3.63, 3.8) is 0 Å². The second-order valence-corrected chi connectivity index (χ2v) is 9.07. The van der Waals surface area contributed by atoms with Crippen LogP contribution in [0.4, 0.5) is 0 Å². The van der Waals surface area contributed by atoms with Crippen LogP contribution in [0.25, 0.3) is 0 Å². The molecule has 0 atom stereocenters. The van der Waals surface area contributed by atoms with Crippen molar-refractivity contribution in [1.29, 1.82) is 0 Å². The third kappa shape index (κ3) is 5.74. The van der Waals surface area contributed by atoms with Crippen molar-refractivity contribution >= 4 is 5.97 Å². The lowest BCUT2D eigenvalue weighted by Gasteiger charge is -2.27. The number of imidazole rings is 1. The number of aryl methyl sites for hydroxylation is 3. The summed E-state index contributed by atoms with van der Waals surface area (Å²) in [4.78, 5) is 13.2. The number of rotatable bonds is 9. The molecular formula is C27H33BrN2O3. The molecule has 1 heterocycles. The second kappa shape index (κ2) is 10.7. The van der Waals surface area contributed by atoms with Crippen LogP contribution in [0.15, 0.2) is 60.9 Å². The molecule has 2 aromatic carbocycles. The van der Waals surface area contributed by atoms with E-state index in [9.17, 15) is 9.90 Å². The van der Waals surface area contributed by atoms with Crippen LogP contribution in [0, 0.1) is 26.7 Å². The van der Waals surface area contributed by atoms with Gasteiger partial charge < -0.3 is 26.8 Å². The van der Waals surface area contributed by atoms with Crippen molar-refractivity contribution in [3.05, 3.63) is 89.0 Å². The monoisotopic (exact) mass is 512 g/mol. The van der Waals surface area contributed by atoms with Gasteiger partial charge in [-0.05, 0) is 43.7 Å². The topological polar surface area (TPSA) is 55.3 Å². The van der Waals surface area contributed by atoms with E-state index in [1.165, 1.54) is 18.7 Å². The van der Waals surface area contributed by atoms with E-state index < -0.39 is 11.6 Å². The van der Waals surface area contributed by atoms with E-state index >= 15 is 0 Å². The van der Waals surface area contributed by atoms with Crippen LogP contribution < -0.4 is 21.5 Å². The summed E-state index contributed by atoms with van der Waals surface area (Å²) in [6.45, 7) is 8.13. The molecule has 0 saturated heterocycles. The van der Waals surface area contributed by atoms with Gasteiger partial charge in [0.05, 0.1) is 19.7 Å². The van der Waals surface area contributed by atoms with Crippen LogP contribution in [0.5, 0.6) is 0 Å². The fraction of sp³-hybridized carbons (Fsp3) is 0.407. The number of aromatic nitrogens is 2. The number of hydrogen-bond donors (Lipinski definition) is 1. The molecule has 4 rings (SSSR count). The highest BCUT2D eigenvalue weighted by Crippen LogP contribution is 2.32. The van der Waals surface area contributed by atoms with Crippen LogP contribution in [-0.4, -0.2) is 22.2 Å². The van der Waals surface area contributed by atoms with E-state index in [0.717, 1.165) is 30.1 Å². The first-order valence-corrected chi connectivity index (χ1v) is 11.5. The summed E-state index contributed by atoms with van der Waals surface area (Å²) in [7, 11) is 0. The van der Waals surface area contributed by atoms with Gasteiger partial charge in [-0.15, -0.1) is 0 Å². The Morgan fingerprint density at radius 1 is 1.09 bits per heavy atom. The van der Waals surface area contributed by atoms with Crippen LogP contribution in [-0.2, 0) is 28.2 Å². The Balaban J connectivity index is 0.00000306. The van der Waals surface area contributed by atoms with Crippen molar-refractivity contribution in [2.75, 3.05) is 6.61 Å². The zero-order valence-corrected chi connectivity index (χ0v) is 21.2. The predicted molar refractivity (Wildman–Crippen MR) is 123 cm³/mol. The SMILES string of the molecule is Cc1cccc(C(O)(C(=O)OCCCn2cc[n+](CC3CC3)c2C)c2cccc(C)c2)c1.[Br-]. The molecule has 0 radical (unpaired) electrons. The lowest BCUT2D eigenvalue weighted by molar-refractivity contribution is -0.705. The standard InChI is InChI=1S/C27H33N2O3.BrH/c1-20-7-4-9-24(17-20)27(31,25-10-5-8-21(2)18-25)26(30)32-16-6-13-28-14-15-29(22(28)3)19-23-11-12-23;/h4-5,7-10,14-15,17-18,23,31H,6,11-13,16,19H2,1-3H3;1H/q+1;/p-1. The van der Waals surface area contributed by atoms with Crippen molar-refractivity contribution in [2.24, 2.45) is 5.92 Å². The van der Waals surface area contributed by atoms with Gasteiger partial charge in [-0.3, -0.25) is 0 Å². The first-order valence-electron chi connectivity index (χ1n) is 11.5. The second-order valence-electron chi connectivity index (χ2n) is 9.07. The quantitative estimate of drug-likeness (QED) is 0.264. The highest BCUT2D eigenvalue weighted by atomic mass is 79.9. The molecule has 0 aliphatic heterocycles. The van der Waals surface area contributed by atoms with Gasteiger partial charge in [0.2, 0.25) is 5.60 Å². The summed E-state index contributed by atoms with van der Waals surface area (Å²) in [6, 6.07) is 14.8. The first-order chi connectivity index (χ1) is 15.4. The molecule has 33 heavy (non-hydrogen) atoms. The Labute approximate surface area is 206 Å². The number of esters is 1. The van der Waals surface area contributed by atoms with Gasteiger partial charge in [0.25, 0.3) is 5.82 Å². The van der Waals surface area contributed by atoms with E-state index in [1.54, 1.807) is 12.1 Å². The van der Waals surface area contributed by atoms with Gasteiger partial charge in [-0.2, -0.15) is 0 Å². The van der Waals surface area contributed by atoms with Gasteiger partial charge in [-0.25, -0.2) is 13.9 Å². The Morgan fingerprint density at radius 3 is 2.24 bits per heavy atom. The van der Waals surface area contributed by atoms with Gasteiger partial charge >= 0.3 is 5.97 Å². The molecule has 6 heteroatoms. The Hall–Kier alpha value is -2.44. The van der Waals surface area contributed by atoms with Crippen molar-refractivity contribution in [2.45, 2.75) is 58.7 Å². The molecule has 1 saturated carbocycles. The number of aliphatic hydroxyl groups is 1. The number of ether oxygens (including phenoxy) is 1. The minimum Gasteiger partial charge on any atom is -1.00 e. The van der Waals surface area contributed by atoms with E-state index in [0.29, 0.717) is 17.5 Å². The number of benzene rings is 2.